The van der Waals surface area contributed by atoms with E-state index in [1.54, 1.807) is 12.1 Å². The summed E-state index contributed by atoms with van der Waals surface area (Å²) >= 11 is 0. The van der Waals surface area contributed by atoms with Gasteiger partial charge in [0.05, 0.1) is 12.7 Å². The van der Waals surface area contributed by atoms with Crippen LogP contribution in [-0.4, -0.2) is 45.9 Å². The van der Waals surface area contributed by atoms with Crippen molar-refractivity contribution in [3.05, 3.63) is 101 Å². The van der Waals surface area contributed by atoms with Crippen molar-refractivity contribution in [3.8, 4) is 5.75 Å². The van der Waals surface area contributed by atoms with Crippen molar-refractivity contribution >= 4 is 0 Å². The molecule has 0 aliphatic carbocycles. The smallest absolute Gasteiger partial charge is 0.121 e. The Kier molecular flexibility index (Phi) is 9.25. The molecule has 5 heteroatoms. The zero-order chi connectivity index (χ0) is 24.6. The molecule has 0 saturated carbocycles. The fraction of sp³-hybridized carbons (Fsp3) is 0.379. The van der Waals surface area contributed by atoms with Gasteiger partial charge >= 0.3 is 0 Å². The minimum Gasteiger partial charge on any atom is -0.508 e. The first kappa shape index (κ1) is 25.9. The fourth-order valence-corrected chi connectivity index (χ4v) is 4.20. The number of aliphatic hydroxyl groups excluding tert-OH is 2. The third-order valence-electron chi connectivity index (χ3n) is 6.15. The molecule has 0 aromatic heterocycles. The Morgan fingerprint density at radius 1 is 0.912 bits per heavy atom. The second-order valence-corrected chi connectivity index (χ2v) is 9.80. The van der Waals surface area contributed by atoms with E-state index in [0.717, 1.165) is 25.9 Å². The lowest BCUT2D eigenvalue weighted by atomic mass is 9.93. The molecule has 3 rings (SSSR count). The summed E-state index contributed by atoms with van der Waals surface area (Å²) in [5.74, 6) is 0.0392. The maximum Gasteiger partial charge on any atom is 0.121 e. The number of aliphatic hydroxyl groups is 2. The molecule has 0 aliphatic rings. The summed E-state index contributed by atoms with van der Waals surface area (Å²) in [6, 6.07) is 24.1. The standard InChI is InChI=1S/C29H38N2O3/c1-29(2,30-19-28(34)25-12-13-27(33)26(17-25)21-32)18-23-10-7-11-24(16-23)20-31(3)15-14-22-8-5-4-6-9-22/h4-13,16-17,28,30,32-34H,14-15,18-21H2,1-3H3. The number of aromatic hydroxyl groups is 1. The molecule has 34 heavy (non-hydrogen) atoms. The molecule has 1 unspecified atom stereocenters. The first-order chi connectivity index (χ1) is 16.3. The molecule has 1 atom stereocenters. The molecule has 0 heterocycles. The summed E-state index contributed by atoms with van der Waals surface area (Å²) in [4.78, 5) is 2.35. The van der Waals surface area contributed by atoms with Crippen LogP contribution in [0.5, 0.6) is 5.75 Å². The molecule has 0 aliphatic heterocycles. The van der Waals surface area contributed by atoms with E-state index < -0.39 is 6.10 Å². The van der Waals surface area contributed by atoms with Crippen LogP contribution in [0.3, 0.4) is 0 Å². The Balaban J connectivity index is 1.52. The van der Waals surface area contributed by atoms with E-state index in [1.807, 2.05) is 0 Å². The zero-order valence-electron chi connectivity index (χ0n) is 20.5. The van der Waals surface area contributed by atoms with Gasteiger partial charge in [0.2, 0.25) is 0 Å². The van der Waals surface area contributed by atoms with Gasteiger partial charge in [-0.2, -0.15) is 0 Å². The first-order valence-electron chi connectivity index (χ1n) is 11.9. The summed E-state index contributed by atoms with van der Waals surface area (Å²) < 4.78 is 0. The quantitative estimate of drug-likeness (QED) is 0.325. The van der Waals surface area contributed by atoms with Crippen molar-refractivity contribution in [1.82, 2.24) is 10.2 Å². The monoisotopic (exact) mass is 462 g/mol. The van der Waals surface area contributed by atoms with Crippen molar-refractivity contribution < 1.29 is 15.3 Å². The predicted octanol–water partition coefficient (Wildman–Crippen LogP) is 4.20. The Labute approximate surface area is 203 Å². The highest BCUT2D eigenvalue weighted by Gasteiger charge is 2.20. The second kappa shape index (κ2) is 12.1. The van der Waals surface area contributed by atoms with E-state index in [2.05, 4.69) is 85.7 Å². The molecule has 0 spiro atoms. The molecule has 0 radical (unpaired) electrons. The van der Waals surface area contributed by atoms with E-state index in [9.17, 15) is 15.3 Å². The van der Waals surface area contributed by atoms with Gasteiger partial charge < -0.3 is 25.5 Å². The molecule has 3 aromatic carbocycles. The van der Waals surface area contributed by atoms with Gasteiger partial charge in [-0.15, -0.1) is 0 Å². The van der Waals surface area contributed by atoms with Crippen LogP contribution in [0.2, 0.25) is 0 Å². The Bertz CT molecular complexity index is 1040. The number of nitrogens with one attached hydrogen (secondary N) is 1. The van der Waals surface area contributed by atoms with Gasteiger partial charge in [-0.1, -0.05) is 60.7 Å². The third-order valence-corrected chi connectivity index (χ3v) is 6.15. The lowest BCUT2D eigenvalue weighted by molar-refractivity contribution is 0.160. The van der Waals surface area contributed by atoms with Crippen molar-refractivity contribution in [2.24, 2.45) is 0 Å². The van der Waals surface area contributed by atoms with Gasteiger partial charge in [0, 0.05) is 30.7 Å². The largest absolute Gasteiger partial charge is 0.508 e. The van der Waals surface area contributed by atoms with Crippen molar-refractivity contribution in [2.75, 3.05) is 20.1 Å². The molecule has 0 saturated heterocycles. The summed E-state index contributed by atoms with van der Waals surface area (Å²) in [5.41, 5.74) is 4.79. The van der Waals surface area contributed by atoms with E-state index in [1.165, 1.54) is 22.8 Å². The van der Waals surface area contributed by atoms with E-state index >= 15 is 0 Å². The van der Waals surface area contributed by atoms with Gasteiger partial charge in [-0.05, 0) is 68.1 Å². The highest BCUT2D eigenvalue weighted by Crippen LogP contribution is 2.23. The molecular formula is C29H38N2O3. The number of benzene rings is 3. The van der Waals surface area contributed by atoms with E-state index in [0.29, 0.717) is 17.7 Å². The minimum absolute atomic E-state index is 0.0392. The fourth-order valence-electron chi connectivity index (χ4n) is 4.20. The Hall–Kier alpha value is -2.70. The van der Waals surface area contributed by atoms with E-state index in [-0.39, 0.29) is 17.9 Å². The van der Waals surface area contributed by atoms with Crippen molar-refractivity contribution in [2.45, 2.75) is 51.5 Å². The molecule has 0 fully saturated rings. The van der Waals surface area contributed by atoms with Crippen LogP contribution in [0.25, 0.3) is 0 Å². The van der Waals surface area contributed by atoms with E-state index in [4.69, 9.17) is 0 Å². The summed E-state index contributed by atoms with van der Waals surface area (Å²) in [7, 11) is 2.16. The second-order valence-electron chi connectivity index (χ2n) is 9.80. The molecule has 5 nitrogen and oxygen atoms in total. The lowest BCUT2D eigenvalue weighted by Gasteiger charge is -2.28. The van der Waals surface area contributed by atoms with Crippen molar-refractivity contribution in [3.63, 3.8) is 0 Å². The minimum atomic E-state index is -0.727. The SMILES string of the molecule is CN(CCc1ccccc1)Cc1cccc(CC(C)(C)NCC(O)c2ccc(O)c(CO)c2)c1. The van der Waals surface area contributed by atoms with Crippen LogP contribution in [0.4, 0.5) is 0 Å². The lowest BCUT2D eigenvalue weighted by Crippen LogP contribution is -2.43. The number of phenols is 1. The number of rotatable bonds is 12. The number of hydrogen-bond donors (Lipinski definition) is 4. The van der Waals surface area contributed by atoms with Crippen molar-refractivity contribution in [1.29, 1.82) is 0 Å². The highest BCUT2D eigenvalue weighted by atomic mass is 16.3. The number of likely N-dealkylation sites (N-methyl/N-ethyl adjacent to an activating group) is 1. The molecule has 4 N–H and O–H groups in total. The first-order valence-corrected chi connectivity index (χ1v) is 11.9. The highest BCUT2D eigenvalue weighted by molar-refractivity contribution is 5.36. The Morgan fingerprint density at radius 2 is 1.62 bits per heavy atom. The van der Waals surface area contributed by atoms with Crippen LogP contribution < -0.4 is 5.32 Å². The van der Waals surface area contributed by atoms with Gasteiger partial charge in [0.25, 0.3) is 0 Å². The van der Waals surface area contributed by atoms with Gasteiger partial charge in [-0.25, -0.2) is 0 Å². The topological polar surface area (TPSA) is 76.0 Å². The molecule has 3 aromatic rings. The molecule has 0 amide bonds. The molecule has 182 valence electrons. The zero-order valence-corrected chi connectivity index (χ0v) is 20.5. The average molecular weight is 463 g/mol. The summed E-state index contributed by atoms with van der Waals surface area (Å²) in [5, 5.41) is 33.2. The van der Waals surface area contributed by atoms with Crippen LogP contribution in [-0.2, 0) is 26.0 Å². The number of hydrogen-bond acceptors (Lipinski definition) is 5. The average Bonchev–Trinajstić information content (AvgIpc) is 2.82. The van der Waals surface area contributed by atoms with Gasteiger partial charge in [0.15, 0.2) is 0 Å². The number of nitrogens with zero attached hydrogens (tertiary/aromatic N) is 1. The predicted molar refractivity (Wildman–Crippen MR) is 138 cm³/mol. The van der Waals surface area contributed by atoms with Crippen LogP contribution in [0, 0.1) is 0 Å². The maximum absolute atomic E-state index is 10.6. The maximum atomic E-state index is 10.6. The van der Waals surface area contributed by atoms with Crippen LogP contribution in [0.15, 0.2) is 72.8 Å². The van der Waals surface area contributed by atoms with Gasteiger partial charge in [-0.3, -0.25) is 0 Å². The normalized spacial score (nSPS) is 12.8. The van der Waals surface area contributed by atoms with Gasteiger partial charge in [0.1, 0.15) is 5.75 Å². The van der Waals surface area contributed by atoms with Crippen LogP contribution >= 0.6 is 0 Å². The Morgan fingerprint density at radius 3 is 2.35 bits per heavy atom. The third kappa shape index (κ3) is 7.96. The van der Waals surface area contributed by atoms with Crippen LogP contribution in [0.1, 0.15) is 47.8 Å². The summed E-state index contributed by atoms with van der Waals surface area (Å²) in [6.07, 6.45) is 1.14. The summed E-state index contributed by atoms with van der Waals surface area (Å²) in [6.45, 7) is 6.30. The number of β-amino-alcohol motifs (C(OH)–C–C–N with tert-alkyl or cyclic N) is 1. The molecular weight excluding hydrogens is 424 g/mol. The molecule has 0 bridgehead atoms.